The van der Waals surface area contributed by atoms with Gasteiger partial charge in [-0.3, -0.25) is 0 Å². The fraction of sp³-hybridized carbons (Fsp3) is 0.733. The first-order valence-electron chi connectivity index (χ1n) is 6.60. The zero-order valence-corrected chi connectivity index (χ0v) is 11.2. The molecule has 0 aromatic rings. The Morgan fingerprint density at radius 1 is 1.31 bits per heavy atom. The average Bonchev–Trinajstić information content (AvgIpc) is 2.82. The maximum absolute atomic E-state index is 5.42. The van der Waals surface area contributed by atoms with Crippen LogP contribution in [0.15, 0.2) is 23.8 Å². The normalized spacial score (nSPS) is 18.9. The lowest BCUT2D eigenvalue weighted by Crippen LogP contribution is -2.26. The van der Waals surface area contributed by atoms with Crippen LogP contribution in [0.2, 0.25) is 0 Å². The first-order chi connectivity index (χ1) is 7.74. The van der Waals surface area contributed by atoms with Crippen LogP contribution >= 0.6 is 0 Å². The van der Waals surface area contributed by atoms with Crippen LogP contribution in [-0.2, 0) is 4.74 Å². The molecule has 0 aromatic heterocycles. The second-order valence-electron chi connectivity index (χ2n) is 4.83. The van der Waals surface area contributed by atoms with Gasteiger partial charge < -0.3 is 4.74 Å². The molecule has 0 N–H and O–H groups in total. The summed E-state index contributed by atoms with van der Waals surface area (Å²) in [6.07, 6.45) is 10.5. The van der Waals surface area contributed by atoms with E-state index < -0.39 is 0 Å². The molecule has 0 spiro atoms. The van der Waals surface area contributed by atoms with Gasteiger partial charge in [0.15, 0.2) is 0 Å². The summed E-state index contributed by atoms with van der Waals surface area (Å²) in [6, 6.07) is 0. The number of ether oxygens (including phenoxy) is 1. The first-order valence-corrected chi connectivity index (χ1v) is 6.60. The van der Waals surface area contributed by atoms with Gasteiger partial charge in [0.25, 0.3) is 0 Å². The molecule has 0 heterocycles. The summed E-state index contributed by atoms with van der Waals surface area (Å²) in [5.41, 5.74) is 1.51. The highest BCUT2D eigenvalue weighted by atomic mass is 16.5. The second kappa shape index (κ2) is 6.90. The minimum atomic E-state index is 0.628. The van der Waals surface area contributed by atoms with Gasteiger partial charge >= 0.3 is 0 Å². The van der Waals surface area contributed by atoms with Crippen LogP contribution in [-0.4, -0.2) is 13.7 Å². The van der Waals surface area contributed by atoms with E-state index in [1.807, 2.05) is 7.11 Å². The average molecular weight is 222 g/mol. The maximum Gasteiger partial charge on any atom is 0.0498 e. The summed E-state index contributed by atoms with van der Waals surface area (Å²) < 4.78 is 5.42. The Kier molecular flexibility index (Phi) is 5.83. The van der Waals surface area contributed by atoms with Crippen LogP contribution in [0.3, 0.4) is 0 Å². The third-order valence-corrected chi connectivity index (χ3v) is 3.98. The third-order valence-electron chi connectivity index (χ3n) is 3.98. The molecule has 1 nitrogen and oxygen atoms in total. The number of rotatable bonds is 7. The van der Waals surface area contributed by atoms with Crippen molar-refractivity contribution in [2.45, 2.75) is 40.0 Å². The minimum Gasteiger partial charge on any atom is -0.384 e. The molecule has 0 saturated carbocycles. The van der Waals surface area contributed by atoms with Crippen molar-refractivity contribution < 1.29 is 4.74 Å². The zero-order valence-electron chi connectivity index (χ0n) is 11.2. The molecule has 16 heavy (non-hydrogen) atoms. The second-order valence-corrected chi connectivity index (χ2v) is 4.83. The van der Waals surface area contributed by atoms with Crippen LogP contribution in [0.1, 0.15) is 40.0 Å². The molecule has 2 unspecified atom stereocenters. The highest BCUT2D eigenvalue weighted by molar-refractivity contribution is 5.28. The Labute approximate surface area is 101 Å². The van der Waals surface area contributed by atoms with Gasteiger partial charge in [0.2, 0.25) is 0 Å². The van der Waals surface area contributed by atoms with E-state index in [-0.39, 0.29) is 0 Å². The van der Waals surface area contributed by atoms with E-state index in [0.29, 0.717) is 11.8 Å². The van der Waals surface area contributed by atoms with Gasteiger partial charge in [-0.25, -0.2) is 0 Å². The van der Waals surface area contributed by atoms with Crippen LogP contribution in [0.5, 0.6) is 0 Å². The van der Waals surface area contributed by atoms with Gasteiger partial charge in [-0.1, -0.05) is 51.8 Å². The summed E-state index contributed by atoms with van der Waals surface area (Å²) in [5.74, 6) is 2.07. The molecule has 92 valence electrons. The Bertz CT molecular complexity index is 248. The molecule has 0 aliphatic heterocycles. The van der Waals surface area contributed by atoms with Gasteiger partial charge in [-0.2, -0.15) is 0 Å². The summed E-state index contributed by atoms with van der Waals surface area (Å²) >= 11 is 0. The Morgan fingerprint density at radius 2 is 2.00 bits per heavy atom. The van der Waals surface area contributed by atoms with E-state index in [1.54, 1.807) is 0 Å². The molecule has 1 heteroatoms. The third kappa shape index (κ3) is 3.21. The molecule has 2 atom stereocenters. The van der Waals surface area contributed by atoms with E-state index in [0.717, 1.165) is 18.9 Å². The highest BCUT2D eigenvalue weighted by Crippen LogP contribution is 2.33. The molecule has 0 radical (unpaired) electrons. The number of hydrogen-bond acceptors (Lipinski definition) is 1. The highest BCUT2D eigenvalue weighted by Gasteiger charge is 2.26. The van der Waals surface area contributed by atoms with E-state index in [4.69, 9.17) is 4.74 Å². The zero-order chi connectivity index (χ0) is 12.0. The van der Waals surface area contributed by atoms with E-state index in [2.05, 4.69) is 39.0 Å². The van der Waals surface area contributed by atoms with Crippen molar-refractivity contribution in [1.82, 2.24) is 0 Å². The van der Waals surface area contributed by atoms with Crippen molar-refractivity contribution in [3.8, 4) is 0 Å². The van der Waals surface area contributed by atoms with Crippen molar-refractivity contribution in [3.05, 3.63) is 23.8 Å². The van der Waals surface area contributed by atoms with Crippen LogP contribution in [0, 0.1) is 17.8 Å². The van der Waals surface area contributed by atoms with Crippen LogP contribution < -0.4 is 0 Å². The van der Waals surface area contributed by atoms with Gasteiger partial charge in [0.1, 0.15) is 0 Å². The molecule has 0 aromatic carbocycles. The molecular weight excluding hydrogens is 196 g/mol. The molecule has 0 saturated heterocycles. The van der Waals surface area contributed by atoms with Crippen LogP contribution in [0.4, 0.5) is 0 Å². The smallest absolute Gasteiger partial charge is 0.0498 e. The lowest BCUT2D eigenvalue weighted by molar-refractivity contribution is 0.0935. The monoisotopic (exact) mass is 222 g/mol. The molecule has 0 fully saturated rings. The van der Waals surface area contributed by atoms with Crippen molar-refractivity contribution in [2.24, 2.45) is 17.8 Å². The molecule has 1 aliphatic carbocycles. The molecular formula is C15H26O. The molecule has 0 amide bonds. The summed E-state index contributed by atoms with van der Waals surface area (Å²) in [6.45, 7) is 7.83. The number of allylic oxidation sites excluding steroid dienone is 4. The van der Waals surface area contributed by atoms with E-state index >= 15 is 0 Å². The summed E-state index contributed by atoms with van der Waals surface area (Å²) in [5, 5.41) is 0. The minimum absolute atomic E-state index is 0.628. The van der Waals surface area contributed by atoms with Crippen molar-refractivity contribution in [3.63, 3.8) is 0 Å². The predicted molar refractivity (Wildman–Crippen MR) is 70.4 cm³/mol. The van der Waals surface area contributed by atoms with E-state index in [9.17, 15) is 0 Å². The number of methoxy groups -OCH3 is 1. The predicted octanol–water partition coefficient (Wildman–Crippen LogP) is 4.21. The lowest BCUT2D eigenvalue weighted by atomic mass is 9.77. The first kappa shape index (κ1) is 13.5. The van der Waals surface area contributed by atoms with Gasteiger partial charge in [-0.15, -0.1) is 0 Å². The maximum atomic E-state index is 5.42. The Hall–Kier alpha value is -0.560. The van der Waals surface area contributed by atoms with Gasteiger partial charge in [0.05, 0.1) is 0 Å². The quantitative estimate of drug-likeness (QED) is 0.627. The van der Waals surface area contributed by atoms with Crippen LogP contribution in [0.25, 0.3) is 0 Å². The topological polar surface area (TPSA) is 9.23 Å². The van der Waals surface area contributed by atoms with Crippen molar-refractivity contribution in [1.29, 1.82) is 0 Å². The van der Waals surface area contributed by atoms with Gasteiger partial charge in [0, 0.05) is 13.7 Å². The summed E-state index contributed by atoms with van der Waals surface area (Å²) in [7, 11) is 1.82. The standard InChI is InChI=1S/C15H26O/c1-5-13(6-2)15(11-16-4)12(3)14-9-7-8-10-14/h7,9-10,12-13,15H,5-6,8,11H2,1-4H3. The Balaban J connectivity index is 2.71. The molecule has 1 rings (SSSR count). The molecule has 0 bridgehead atoms. The fourth-order valence-electron chi connectivity index (χ4n) is 2.84. The molecule has 1 aliphatic rings. The lowest BCUT2D eigenvalue weighted by Gasteiger charge is -2.30. The SMILES string of the molecule is CCC(CC)C(COC)C(C)C1=CCC=C1. The number of hydrogen-bond donors (Lipinski definition) is 0. The van der Waals surface area contributed by atoms with Crippen molar-refractivity contribution >= 4 is 0 Å². The van der Waals surface area contributed by atoms with Crippen molar-refractivity contribution in [2.75, 3.05) is 13.7 Å². The van der Waals surface area contributed by atoms with E-state index in [1.165, 1.54) is 18.4 Å². The summed E-state index contributed by atoms with van der Waals surface area (Å²) in [4.78, 5) is 0. The Morgan fingerprint density at radius 3 is 2.44 bits per heavy atom. The fourth-order valence-corrected chi connectivity index (χ4v) is 2.84. The largest absolute Gasteiger partial charge is 0.384 e. The van der Waals surface area contributed by atoms with Gasteiger partial charge in [-0.05, 0) is 29.7 Å².